The van der Waals surface area contributed by atoms with Crippen LogP contribution in [0.4, 0.5) is 5.13 Å². The standard InChI is InChI=1S/C24H26N4O3S2/c29-22(28-23-26-12-13-32-23)24(14-21(24)18-5-1-2-6-18)19-7-9-20(10-8-19)33(30,31)27-16-17-4-3-11-25-15-17/h3-4,7-13,15,18,21,27H,1-2,5-6,14,16H2,(H,26,28,29). The maximum Gasteiger partial charge on any atom is 0.240 e. The van der Waals surface area contributed by atoms with E-state index >= 15 is 0 Å². The normalized spacial score (nSPS) is 22.8. The number of carbonyl (C=O) groups excluding carboxylic acids is 1. The first kappa shape index (κ1) is 22.2. The number of pyridine rings is 1. The first-order valence-corrected chi connectivity index (χ1v) is 13.6. The lowest BCUT2D eigenvalue weighted by Crippen LogP contribution is -2.31. The van der Waals surface area contributed by atoms with E-state index in [1.54, 1.807) is 48.9 Å². The zero-order valence-electron chi connectivity index (χ0n) is 18.1. The fourth-order valence-corrected chi connectivity index (χ4v) is 6.67. The number of rotatable bonds is 8. The summed E-state index contributed by atoms with van der Waals surface area (Å²) in [6, 6.07) is 10.4. The van der Waals surface area contributed by atoms with Gasteiger partial charge in [-0.25, -0.2) is 18.1 Å². The summed E-state index contributed by atoms with van der Waals surface area (Å²) in [5, 5.41) is 5.42. The third kappa shape index (κ3) is 4.45. The lowest BCUT2D eigenvalue weighted by Gasteiger charge is -2.20. The molecule has 172 valence electrons. The van der Waals surface area contributed by atoms with Crippen LogP contribution in [0.3, 0.4) is 0 Å². The minimum atomic E-state index is -3.68. The van der Waals surface area contributed by atoms with Gasteiger partial charge in [0.1, 0.15) is 0 Å². The van der Waals surface area contributed by atoms with Crippen LogP contribution in [-0.4, -0.2) is 24.3 Å². The molecule has 0 aliphatic heterocycles. The van der Waals surface area contributed by atoms with Gasteiger partial charge in [-0.2, -0.15) is 0 Å². The molecule has 2 N–H and O–H groups in total. The molecule has 2 aliphatic carbocycles. The van der Waals surface area contributed by atoms with E-state index < -0.39 is 15.4 Å². The molecular formula is C24H26N4O3S2. The van der Waals surface area contributed by atoms with E-state index in [9.17, 15) is 13.2 Å². The Kier molecular flexibility index (Phi) is 6.03. The Balaban J connectivity index is 1.37. The van der Waals surface area contributed by atoms with Gasteiger partial charge >= 0.3 is 0 Å². The average molecular weight is 483 g/mol. The largest absolute Gasteiger partial charge is 0.301 e. The van der Waals surface area contributed by atoms with Gasteiger partial charge in [0.05, 0.1) is 10.3 Å². The predicted octanol–water partition coefficient (Wildman–Crippen LogP) is 4.10. The molecule has 0 saturated heterocycles. The molecule has 0 radical (unpaired) electrons. The molecule has 2 fully saturated rings. The third-order valence-electron chi connectivity index (χ3n) is 6.91. The first-order valence-electron chi connectivity index (χ1n) is 11.2. The van der Waals surface area contributed by atoms with Crippen LogP contribution in [0.5, 0.6) is 0 Å². The monoisotopic (exact) mass is 482 g/mol. The third-order valence-corrected chi connectivity index (χ3v) is 9.02. The van der Waals surface area contributed by atoms with Crippen molar-refractivity contribution in [2.45, 2.75) is 49.0 Å². The van der Waals surface area contributed by atoms with Crippen LogP contribution in [0.2, 0.25) is 0 Å². The van der Waals surface area contributed by atoms with Crippen LogP contribution in [0.25, 0.3) is 0 Å². The lowest BCUT2D eigenvalue weighted by molar-refractivity contribution is -0.119. The summed E-state index contributed by atoms with van der Waals surface area (Å²) in [5.41, 5.74) is 1.04. The van der Waals surface area contributed by atoms with Gasteiger partial charge in [-0.1, -0.05) is 43.9 Å². The van der Waals surface area contributed by atoms with Crippen LogP contribution < -0.4 is 10.0 Å². The summed E-state index contributed by atoms with van der Waals surface area (Å²) in [7, 11) is -3.68. The molecule has 7 nitrogen and oxygen atoms in total. The summed E-state index contributed by atoms with van der Waals surface area (Å²) in [6.07, 6.45) is 10.5. The van der Waals surface area contributed by atoms with Gasteiger partial charge in [0.15, 0.2) is 5.13 Å². The molecule has 0 bridgehead atoms. The maximum absolute atomic E-state index is 13.4. The number of nitrogens with zero attached hydrogens (tertiary/aromatic N) is 2. The van der Waals surface area contributed by atoms with Crippen LogP contribution in [-0.2, 0) is 26.8 Å². The van der Waals surface area contributed by atoms with Crippen molar-refractivity contribution in [3.05, 3.63) is 71.5 Å². The predicted molar refractivity (Wildman–Crippen MR) is 127 cm³/mol. The van der Waals surface area contributed by atoms with Gasteiger partial charge in [-0.15, -0.1) is 11.3 Å². The summed E-state index contributed by atoms with van der Waals surface area (Å²) in [4.78, 5) is 21.8. The SMILES string of the molecule is O=C(Nc1nccs1)C1(c2ccc(S(=O)(=O)NCc3cccnc3)cc2)CC1C1CCCC1. The Morgan fingerprint density at radius 1 is 1.12 bits per heavy atom. The molecule has 33 heavy (non-hydrogen) atoms. The van der Waals surface area contributed by atoms with Crippen molar-refractivity contribution in [2.24, 2.45) is 11.8 Å². The first-order chi connectivity index (χ1) is 16.0. The molecule has 9 heteroatoms. The number of amides is 1. The van der Waals surface area contributed by atoms with Crippen LogP contribution >= 0.6 is 11.3 Å². The van der Waals surface area contributed by atoms with E-state index in [4.69, 9.17) is 0 Å². The minimum absolute atomic E-state index is 0.0420. The Hall–Kier alpha value is -2.62. The molecule has 1 aromatic carbocycles. The quantitative estimate of drug-likeness (QED) is 0.503. The molecule has 3 aromatic rings. The minimum Gasteiger partial charge on any atom is -0.301 e. The summed E-state index contributed by atoms with van der Waals surface area (Å²) in [5.74, 6) is 0.780. The van der Waals surface area contributed by atoms with Crippen molar-refractivity contribution in [1.82, 2.24) is 14.7 Å². The Bertz CT molecular complexity index is 1210. The average Bonchev–Trinajstić information content (AvgIpc) is 3.17. The van der Waals surface area contributed by atoms with Gasteiger partial charge in [0.25, 0.3) is 0 Å². The van der Waals surface area contributed by atoms with Crippen molar-refractivity contribution in [2.75, 3.05) is 5.32 Å². The van der Waals surface area contributed by atoms with Crippen LogP contribution in [0.1, 0.15) is 43.2 Å². The number of hydrogen-bond acceptors (Lipinski definition) is 6. The number of carbonyl (C=O) groups is 1. The summed E-state index contributed by atoms with van der Waals surface area (Å²) >= 11 is 1.40. The maximum atomic E-state index is 13.4. The number of aromatic nitrogens is 2. The second-order valence-electron chi connectivity index (χ2n) is 8.83. The molecule has 1 amide bonds. The second kappa shape index (κ2) is 8.96. The van der Waals surface area contributed by atoms with Crippen LogP contribution in [0.15, 0.2) is 65.3 Å². The molecule has 2 aromatic heterocycles. The van der Waals surface area contributed by atoms with E-state index in [2.05, 4.69) is 20.0 Å². The lowest BCUT2D eigenvalue weighted by atomic mass is 9.87. The van der Waals surface area contributed by atoms with Gasteiger partial charge in [0, 0.05) is 30.5 Å². The van der Waals surface area contributed by atoms with Gasteiger partial charge in [0.2, 0.25) is 15.9 Å². The number of benzene rings is 1. The zero-order chi connectivity index (χ0) is 22.9. The van der Waals surface area contributed by atoms with E-state index in [0.29, 0.717) is 11.0 Å². The highest BCUT2D eigenvalue weighted by molar-refractivity contribution is 7.89. The number of nitrogens with one attached hydrogen (secondary N) is 2. The number of hydrogen-bond donors (Lipinski definition) is 2. The highest BCUT2D eigenvalue weighted by Gasteiger charge is 2.63. The molecule has 2 saturated carbocycles. The van der Waals surface area contributed by atoms with Gasteiger partial charge < -0.3 is 5.32 Å². The number of sulfonamides is 1. The highest BCUT2D eigenvalue weighted by Crippen LogP contribution is 2.61. The van der Waals surface area contributed by atoms with E-state index in [0.717, 1.165) is 30.4 Å². The fourth-order valence-electron chi connectivity index (χ4n) is 5.13. The fraction of sp³-hybridized carbons (Fsp3) is 0.375. The van der Waals surface area contributed by atoms with Crippen molar-refractivity contribution in [3.63, 3.8) is 0 Å². The van der Waals surface area contributed by atoms with Crippen molar-refractivity contribution in [1.29, 1.82) is 0 Å². The van der Waals surface area contributed by atoms with E-state index in [1.807, 2.05) is 11.4 Å². The summed E-state index contributed by atoms with van der Waals surface area (Å²) in [6.45, 7) is 0.168. The summed E-state index contributed by atoms with van der Waals surface area (Å²) < 4.78 is 28.2. The molecule has 5 rings (SSSR count). The van der Waals surface area contributed by atoms with Crippen molar-refractivity contribution >= 4 is 32.4 Å². The molecule has 2 heterocycles. The highest BCUT2D eigenvalue weighted by atomic mass is 32.2. The topological polar surface area (TPSA) is 101 Å². The Morgan fingerprint density at radius 3 is 2.58 bits per heavy atom. The number of thiazole rings is 1. The molecule has 2 aliphatic rings. The Labute approximate surface area is 197 Å². The van der Waals surface area contributed by atoms with E-state index in [-0.39, 0.29) is 23.3 Å². The second-order valence-corrected chi connectivity index (χ2v) is 11.5. The molecule has 0 spiro atoms. The van der Waals surface area contributed by atoms with Gasteiger partial charge in [-0.3, -0.25) is 9.78 Å². The molecular weight excluding hydrogens is 456 g/mol. The van der Waals surface area contributed by atoms with Crippen LogP contribution in [0, 0.1) is 11.8 Å². The van der Waals surface area contributed by atoms with Crippen molar-refractivity contribution in [3.8, 4) is 0 Å². The zero-order valence-corrected chi connectivity index (χ0v) is 19.7. The van der Waals surface area contributed by atoms with Crippen molar-refractivity contribution < 1.29 is 13.2 Å². The molecule has 2 atom stereocenters. The molecule has 2 unspecified atom stereocenters. The van der Waals surface area contributed by atoms with E-state index in [1.165, 1.54) is 24.2 Å². The van der Waals surface area contributed by atoms with Gasteiger partial charge in [-0.05, 0) is 47.6 Å². The Morgan fingerprint density at radius 2 is 1.91 bits per heavy atom. The smallest absolute Gasteiger partial charge is 0.240 e. The number of anilines is 1.